The molecule has 0 amide bonds. The molecule has 0 atom stereocenters. The van der Waals surface area contributed by atoms with E-state index in [1.165, 1.54) is 12.0 Å². The van der Waals surface area contributed by atoms with Gasteiger partial charge in [-0.3, -0.25) is 4.55 Å². The van der Waals surface area contributed by atoms with E-state index in [0.717, 1.165) is 101 Å². The molecule has 7 nitrogen and oxygen atoms in total. The highest BCUT2D eigenvalue weighted by atomic mass is 32.2. The number of esters is 2. The van der Waals surface area contributed by atoms with E-state index in [-0.39, 0.29) is 11.8 Å². The number of carbonyl (C=O) groups is 2. The number of hydrogen-bond donors (Lipinski definition) is 1. The van der Waals surface area contributed by atoms with Gasteiger partial charge in [0.2, 0.25) is 17.4 Å². The van der Waals surface area contributed by atoms with Crippen LogP contribution in [-0.4, -0.2) is 31.5 Å². The van der Waals surface area contributed by atoms with E-state index in [1.807, 2.05) is 0 Å². The van der Waals surface area contributed by atoms with Gasteiger partial charge in [-0.15, -0.1) is 0 Å². The number of halogens is 4. The van der Waals surface area contributed by atoms with Crippen molar-refractivity contribution in [2.75, 3.05) is 6.61 Å². The summed E-state index contributed by atoms with van der Waals surface area (Å²) in [4.78, 5) is 24.1. The molecule has 3 saturated carbocycles. The number of carbonyl (C=O) groups excluding carboxylic acids is 2. The van der Waals surface area contributed by atoms with Gasteiger partial charge in [0.05, 0.1) is 5.56 Å². The number of rotatable bonds is 8. The van der Waals surface area contributed by atoms with Crippen LogP contribution in [-0.2, 0) is 19.6 Å². The van der Waals surface area contributed by atoms with Crippen LogP contribution >= 0.6 is 0 Å². The SMILES string of the molecule is O=C(COC(=O)c1c(C2CCCCC2)cc(C2CCCCC2)cc1C1CCCCC1)Oc1c(F)c(F)c(S(=O)(=O)O)c(F)c1F. The summed E-state index contributed by atoms with van der Waals surface area (Å²) in [6, 6.07) is 4.28. The van der Waals surface area contributed by atoms with Crippen LogP contribution in [0.4, 0.5) is 17.6 Å². The first-order valence-corrected chi connectivity index (χ1v) is 17.3. The lowest BCUT2D eigenvalue weighted by Crippen LogP contribution is -2.24. The van der Waals surface area contributed by atoms with Crippen molar-refractivity contribution >= 4 is 22.1 Å². The Morgan fingerprint density at radius 1 is 0.689 bits per heavy atom. The Morgan fingerprint density at radius 2 is 1.11 bits per heavy atom. The van der Waals surface area contributed by atoms with Gasteiger partial charge in [-0.2, -0.15) is 17.2 Å². The predicted octanol–water partition coefficient (Wildman–Crippen LogP) is 8.40. The van der Waals surface area contributed by atoms with E-state index in [0.29, 0.717) is 11.5 Å². The zero-order valence-corrected chi connectivity index (χ0v) is 25.8. The quantitative estimate of drug-likeness (QED) is 0.100. The largest absolute Gasteiger partial charge is 0.450 e. The smallest absolute Gasteiger partial charge is 0.349 e. The van der Waals surface area contributed by atoms with Crippen LogP contribution < -0.4 is 4.74 Å². The Bertz CT molecular complexity index is 1470. The fourth-order valence-corrected chi connectivity index (χ4v) is 7.97. The average molecular weight is 655 g/mol. The highest BCUT2D eigenvalue weighted by Crippen LogP contribution is 2.44. The highest BCUT2D eigenvalue weighted by Gasteiger charge is 2.35. The zero-order valence-electron chi connectivity index (χ0n) is 25.0. The molecule has 0 saturated heterocycles. The van der Waals surface area contributed by atoms with E-state index in [1.54, 1.807) is 0 Å². The van der Waals surface area contributed by atoms with Crippen LogP contribution in [0, 0.1) is 23.3 Å². The second-order valence-corrected chi connectivity index (χ2v) is 13.9. The van der Waals surface area contributed by atoms with Gasteiger partial charge in [0.1, 0.15) is 0 Å². The van der Waals surface area contributed by atoms with Crippen molar-refractivity contribution < 1.29 is 49.6 Å². The van der Waals surface area contributed by atoms with Crippen molar-refractivity contribution in [1.82, 2.24) is 0 Å². The molecule has 12 heteroatoms. The van der Waals surface area contributed by atoms with E-state index in [4.69, 9.17) is 9.29 Å². The number of benzene rings is 2. The minimum atomic E-state index is -5.68. The molecule has 45 heavy (non-hydrogen) atoms. The standard InChI is InChI=1S/C33H38F4O7S/c34-27-29(36)32(45(40,41)42)30(37)28(35)31(27)44-25(38)18-43-33(39)26-23(20-12-6-2-7-13-20)16-22(19-10-4-1-5-11-19)17-24(26)21-14-8-3-9-15-21/h16-17,19-21H,1-15,18H2,(H,40,41,42). The summed E-state index contributed by atoms with van der Waals surface area (Å²) in [5, 5.41) is 0. The van der Waals surface area contributed by atoms with Gasteiger partial charge in [0.25, 0.3) is 0 Å². The van der Waals surface area contributed by atoms with Crippen LogP contribution in [0.3, 0.4) is 0 Å². The molecule has 0 radical (unpaired) electrons. The lowest BCUT2D eigenvalue weighted by atomic mass is 9.73. The minimum Gasteiger partial charge on any atom is -0.450 e. The molecule has 2 aromatic carbocycles. The maximum atomic E-state index is 14.4. The Hall–Kier alpha value is -2.99. The summed E-state index contributed by atoms with van der Waals surface area (Å²) in [5.74, 6) is -13.2. The Balaban J connectivity index is 1.45. The van der Waals surface area contributed by atoms with Gasteiger partial charge < -0.3 is 9.47 Å². The fraction of sp³-hybridized carbons (Fsp3) is 0.576. The third-order valence-electron chi connectivity index (χ3n) is 9.57. The Kier molecular flexibility index (Phi) is 10.5. The second kappa shape index (κ2) is 14.2. The third kappa shape index (κ3) is 7.37. The monoisotopic (exact) mass is 654 g/mol. The Morgan fingerprint density at radius 3 is 1.53 bits per heavy atom. The number of ether oxygens (including phenoxy) is 2. The summed E-state index contributed by atoms with van der Waals surface area (Å²) in [5.41, 5.74) is 3.45. The van der Waals surface area contributed by atoms with Crippen LogP contribution in [0.1, 0.15) is 141 Å². The Labute approximate surface area is 260 Å². The summed E-state index contributed by atoms with van der Waals surface area (Å²) in [6.07, 6.45) is 15.7. The first-order valence-electron chi connectivity index (χ1n) is 15.9. The maximum Gasteiger partial charge on any atom is 0.349 e. The molecular formula is C33H38F4O7S. The minimum absolute atomic E-state index is 0.134. The summed E-state index contributed by atoms with van der Waals surface area (Å²) in [6.45, 7) is -1.13. The molecule has 0 spiro atoms. The van der Waals surface area contributed by atoms with Gasteiger partial charge in [-0.25, -0.2) is 18.4 Å². The third-order valence-corrected chi connectivity index (χ3v) is 10.4. The van der Waals surface area contributed by atoms with Crippen LogP contribution in [0.25, 0.3) is 0 Å². The summed E-state index contributed by atoms with van der Waals surface area (Å²) in [7, 11) is -5.68. The zero-order chi connectivity index (χ0) is 32.3. The highest BCUT2D eigenvalue weighted by molar-refractivity contribution is 7.85. The molecule has 0 aliphatic heterocycles. The maximum absolute atomic E-state index is 14.4. The van der Waals surface area contributed by atoms with Crippen LogP contribution in [0.5, 0.6) is 5.75 Å². The molecule has 0 bridgehead atoms. The molecule has 2 aromatic rings. The molecular weight excluding hydrogens is 616 g/mol. The van der Waals surface area contributed by atoms with Crippen molar-refractivity contribution in [1.29, 1.82) is 0 Å². The van der Waals surface area contributed by atoms with Crippen molar-refractivity contribution in [3.05, 3.63) is 57.7 Å². The predicted molar refractivity (Wildman–Crippen MR) is 156 cm³/mol. The van der Waals surface area contributed by atoms with Gasteiger partial charge in [0.15, 0.2) is 23.1 Å². The van der Waals surface area contributed by atoms with Gasteiger partial charge in [0, 0.05) is 0 Å². The lowest BCUT2D eigenvalue weighted by Gasteiger charge is -2.32. The second-order valence-electron chi connectivity index (χ2n) is 12.5. The van der Waals surface area contributed by atoms with E-state index < -0.39 is 62.6 Å². The lowest BCUT2D eigenvalue weighted by molar-refractivity contribution is -0.138. The molecule has 0 unspecified atom stereocenters. The van der Waals surface area contributed by atoms with Crippen molar-refractivity contribution in [3.63, 3.8) is 0 Å². The molecule has 1 N–H and O–H groups in total. The number of hydrogen-bond acceptors (Lipinski definition) is 6. The average Bonchev–Trinajstić information content (AvgIpc) is 3.04. The molecule has 5 rings (SSSR count). The van der Waals surface area contributed by atoms with E-state index in [9.17, 15) is 35.6 Å². The topological polar surface area (TPSA) is 107 Å². The van der Waals surface area contributed by atoms with Crippen LogP contribution in [0.15, 0.2) is 17.0 Å². The first kappa shape index (κ1) is 33.4. The van der Waals surface area contributed by atoms with Gasteiger partial charge >= 0.3 is 22.1 Å². The summed E-state index contributed by atoms with van der Waals surface area (Å²) >= 11 is 0. The van der Waals surface area contributed by atoms with Crippen molar-refractivity contribution in [2.24, 2.45) is 0 Å². The van der Waals surface area contributed by atoms with Gasteiger partial charge in [-0.05, 0) is 73.0 Å². The fourth-order valence-electron chi connectivity index (χ4n) is 7.34. The molecule has 3 fully saturated rings. The molecule has 3 aliphatic rings. The van der Waals surface area contributed by atoms with Crippen molar-refractivity contribution in [3.8, 4) is 5.75 Å². The van der Waals surface area contributed by atoms with E-state index >= 15 is 0 Å². The molecule has 0 aromatic heterocycles. The normalized spacial score (nSPS) is 19.0. The van der Waals surface area contributed by atoms with Gasteiger partial charge in [-0.1, -0.05) is 69.9 Å². The molecule has 246 valence electrons. The molecule has 0 heterocycles. The first-order chi connectivity index (χ1) is 21.5. The molecule has 3 aliphatic carbocycles. The summed E-state index contributed by atoms with van der Waals surface area (Å²) < 4.78 is 98.4. The van der Waals surface area contributed by atoms with Crippen LogP contribution in [0.2, 0.25) is 0 Å². The van der Waals surface area contributed by atoms with E-state index in [2.05, 4.69) is 16.9 Å². The van der Waals surface area contributed by atoms with Crippen molar-refractivity contribution in [2.45, 2.75) is 119 Å².